The Morgan fingerprint density at radius 3 is 2.53 bits per heavy atom. The van der Waals surface area contributed by atoms with E-state index in [-0.39, 0.29) is 22.8 Å². The molecule has 0 saturated carbocycles. The van der Waals surface area contributed by atoms with Crippen molar-refractivity contribution in [1.82, 2.24) is 24.8 Å². The number of halogens is 4. The van der Waals surface area contributed by atoms with Crippen LogP contribution in [0.4, 0.5) is 24.1 Å². The minimum Gasteiger partial charge on any atom is -0.481 e. The number of anilines is 2. The van der Waals surface area contributed by atoms with Crippen LogP contribution in [0.1, 0.15) is 47.1 Å². The van der Waals surface area contributed by atoms with Gasteiger partial charge in [0, 0.05) is 55.8 Å². The molecule has 2 aliphatic rings. The largest absolute Gasteiger partial charge is 0.481 e. The lowest BCUT2D eigenvalue weighted by atomic mass is 10.1. The highest BCUT2D eigenvalue weighted by Crippen LogP contribution is 2.40. The number of alkyl halides is 3. The summed E-state index contributed by atoms with van der Waals surface area (Å²) in [5.74, 6) is -0.753. The average molecular weight is 638 g/mol. The summed E-state index contributed by atoms with van der Waals surface area (Å²) in [6, 6.07) is 4.04. The molecular formula is C28H31ClF3N7O3S. The number of carbonyl (C=O) groups is 2. The normalized spacial score (nSPS) is 18.3. The molecule has 2 N–H and O–H groups in total. The van der Waals surface area contributed by atoms with Crippen molar-refractivity contribution in [2.45, 2.75) is 44.9 Å². The van der Waals surface area contributed by atoms with E-state index in [1.807, 2.05) is 4.90 Å². The molecule has 2 fully saturated rings. The summed E-state index contributed by atoms with van der Waals surface area (Å²) in [6.07, 6.45) is 0.429. The zero-order chi connectivity index (χ0) is 30.7. The number of likely N-dealkylation sites (tertiary alicyclic amines) is 1. The van der Waals surface area contributed by atoms with Gasteiger partial charge >= 0.3 is 12.1 Å². The number of carbonyl (C=O) groups excluding carboxylic acids is 1. The Hall–Kier alpha value is -3.33. The Balaban J connectivity index is 1.31. The molecule has 230 valence electrons. The molecule has 0 unspecified atom stereocenters. The fourth-order valence-electron chi connectivity index (χ4n) is 5.26. The van der Waals surface area contributed by atoms with Gasteiger partial charge in [-0.2, -0.15) is 13.2 Å². The standard InChI is InChI=1S/C28H31ClF3N7O3S/c1-17-3-2-7-39(17)16-22-25(18-4-5-20(29)19(13-18)28(30,31)32)35-27(43-22)36-26(42)21-14-34-23(15-33-21)38-11-9-37(10-12-38)8-6-24(40)41/h4-5,13-15,17H,2-3,6-12,16H2,1H3,(H,40,41)(H,35,36,42)/t17-/m1/s1. The molecule has 15 heteroatoms. The molecule has 1 atom stereocenters. The second-order valence-corrected chi connectivity index (χ2v) is 12.1. The van der Waals surface area contributed by atoms with E-state index in [4.69, 9.17) is 16.7 Å². The lowest BCUT2D eigenvalue weighted by Crippen LogP contribution is -2.47. The lowest BCUT2D eigenvalue weighted by Gasteiger charge is -2.34. The van der Waals surface area contributed by atoms with Crippen molar-refractivity contribution in [3.63, 3.8) is 0 Å². The van der Waals surface area contributed by atoms with Crippen molar-refractivity contribution < 1.29 is 27.9 Å². The van der Waals surface area contributed by atoms with Crippen molar-refractivity contribution in [1.29, 1.82) is 0 Å². The number of piperazine rings is 1. The van der Waals surface area contributed by atoms with E-state index in [2.05, 4.69) is 37.0 Å². The maximum atomic E-state index is 13.6. The lowest BCUT2D eigenvalue weighted by molar-refractivity contribution is -0.138. The molecule has 1 amide bonds. The number of benzene rings is 1. The second kappa shape index (κ2) is 13.1. The molecule has 10 nitrogen and oxygen atoms in total. The van der Waals surface area contributed by atoms with Gasteiger partial charge in [-0.1, -0.05) is 29.0 Å². The topological polar surface area (TPSA) is 115 Å². The van der Waals surface area contributed by atoms with Crippen LogP contribution in [0.25, 0.3) is 11.3 Å². The Morgan fingerprint density at radius 1 is 1.14 bits per heavy atom. The summed E-state index contributed by atoms with van der Waals surface area (Å²) in [7, 11) is 0. The summed E-state index contributed by atoms with van der Waals surface area (Å²) in [5, 5.41) is 11.5. The average Bonchev–Trinajstić information content (AvgIpc) is 3.57. The van der Waals surface area contributed by atoms with Crippen LogP contribution in [0.3, 0.4) is 0 Å². The SMILES string of the molecule is C[C@@H]1CCCN1Cc1sc(NC(=O)c2cnc(N3CCN(CCC(=O)O)CC3)cn2)nc1-c1ccc(Cl)c(C(F)(F)F)c1. The molecule has 4 heterocycles. The number of amides is 1. The maximum Gasteiger partial charge on any atom is 0.417 e. The highest BCUT2D eigenvalue weighted by molar-refractivity contribution is 7.16. The van der Waals surface area contributed by atoms with E-state index in [0.29, 0.717) is 56.8 Å². The first-order valence-electron chi connectivity index (χ1n) is 13.9. The Morgan fingerprint density at radius 2 is 1.91 bits per heavy atom. The first-order valence-corrected chi connectivity index (χ1v) is 15.1. The van der Waals surface area contributed by atoms with Crippen molar-refractivity contribution in [2.24, 2.45) is 0 Å². The predicted molar refractivity (Wildman–Crippen MR) is 158 cm³/mol. The van der Waals surface area contributed by atoms with Gasteiger partial charge in [-0.15, -0.1) is 0 Å². The molecule has 1 aromatic carbocycles. The molecule has 0 bridgehead atoms. The summed E-state index contributed by atoms with van der Waals surface area (Å²) < 4.78 is 40.8. The second-order valence-electron chi connectivity index (χ2n) is 10.6. The van der Waals surface area contributed by atoms with Crippen LogP contribution in [0.2, 0.25) is 5.02 Å². The third-order valence-corrected chi connectivity index (χ3v) is 8.99. The van der Waals surface area contributed by atoms with Crippen LogP contribution in [0, 0.1) is 0 Å². The van der Waals surface area contributed by atoms with E-state index in [0.717, 1.165) is 30.3 Å². The summed E-state index contributed by atoms with van der Waals surface area (Å²) in [4.78, 5) is 44.2. The van der Waals surface area contributed by atoms with Gasteiger partial charge in [0.2, 0.25) is 0 Å². The number of aliphatic carboxylic acids is 1. The number of carboxylic acids is 1. The molecule has 0 spiro atoms. The molecule has 0 radical (unpaired) electrons. The van der Waals surface area contributed by atoms with Crippen LogP contribution in [-0.4, -0.2) is 87.0 Å². The fourth-order valence-corrected chi connectivity index (χ4v) is 6.49. The van der Waals surface area contributed by atoms with Gasteiger partial charge in [0.1, 0.15) is 11.5 Å². The van der Waals surface area contributed by atoms with Crippen LogP contribution < -0.4 is 10.2 Å². The molecule has 2 aliphatic heterocycles. The van der Waals surface area contributed by atoms with Crippen molar-refractivity contribution in [2.75, 3.05) is 49.5 Å². The van der Waals surface area contributed by atoms with Gasteiger partial charge in [0.15, 0.2) is 5.13 Å². The van der Waals surface area contributed by atoms with Crippen molar-refractivity contribution in [3.05, 3.63) is 51.7 Å². The quantitative estimate of drug-likeness (QED) is 0.331. The highest BCUT2D eigenvalue weighted by atomic mass is 35.5. The number of nitrogens with one attached hydrogen (secondary N) is 1. The van der Waals surface area contributed by atoms with Gasteiger partial charge in [-0.25, -0.2) is 15.0 Å². The smallest absolute Gasteiger partial charge is 0.417 e. The minimum atomic E-state index is -4.62. The monoisotopic (exact) mass is 637 g/mol. The summed E-state index contributed by atoms with van der Waals surface area (Å²) >= 11 is 7.07. The number of nitrogens with zero attached hydrogens (tertiary/aromatic N) is 6. The van der Waals surface area contributed by atoms with Crippen LogP contribution in [0.15, 0.2) is 30.6 Å². The molecule has 5 rings (SSSR count). The Labute approximate surface area is 255 Å². The first-order chi connectivity index (χ1) is 20.5. The zero-order valence-corrected chi connectivity index (χ0v) is 25.0. The summed E-state index contributed by atoms with van der Waals surface area (Å²) in [5.41, 5.74) is -0.239. The number of hydrogen-bond acceptors (Lipinski definition) is 9. The van der Waals surface area contributed by atoms with Crippen molar-refractivity contribution >= 4 is 45.8 Å². The van der Waals surface area contributed by atoms with E-state index in [1.54, 1.807) is 0 Å². The predicted octanol–water partition coefficient (Wildman–Crippen LogP) is 5.11. The van der Waals surface area contributed by atoms with Crippen molar-refractivity contribution in [3.8, 4) is 11.3 Å². The molecule has 0 aliphatic carbocycles. The molecule has 3 aromatic rings. The number of thiazole rings is 1. The summed E-state index contributed by atoms with van der Waals surface area (Å²) in [6.45, 7) is 6.66. The first kappa shape index (κ1) is 31.1. The van der Waals surface area contributed by atoms with E-state index in [1.165, 1.54) is 35.9 Å². The number of hydrogen-bond donors (Lipinski definition) is 2. The van der Waals surface area contributed by atoms with Gasteiger partial charge in [0.25, 0.3) is 5.91 Å². The van der Waals surface area contributed by atoms with E-state index < -0.39 is 28.6 Å². The van der Waals surface area contributed by atoms with Crippen LogP contribution in [-0.2, 0) is 17.5 Å². The van der Waals surface area contributed by atoms with Gasteiger partial charge in [-0.05, 0) is 38.4 Å². The maximum absolute atomic E-state index is 13.6. The fraction of sp³-hybridized carbons (Fsp3) is 0.464. The van der Waals surface area contributed by atoms with E-state index in [9.17, 15) is 22.8 Å². The van der Waals surface area contributed by atoms with E-state index >= 15 is 0 Å². The number of aromatic nitrogens is 3. The Bertz CT molecular complexity index is 1460. The molecule has 2 aromatic heterocycles. The van der Waals surface area contributed by atoms with Gasteiger partial charge < -0.3 is 10.0 Å². The molecule has 43 heavy (non-hydrogen) atoms. The van der Waals surface area contributed by atoms with Gasteiger partial charge in [-0.3, -0.25) is 24.7 Å². The molecular weight excluding hydrogens is 607 g/mol. The number of carboxylic acid groups (broad SMARTS) is 1. The van der Waals surface area contributed by atoms with Crippen LogP contribution >= 0.6 is 22.9 Å². The zero-order valence-electron chi connectivity index (χ0n) is 23.4. The Kier molecular flexibility index (Phi) is 9.49. The minimum absolute atomic E-state index is 0.0705. The van der Waals surface area contributed by atoms with Crippen LogP contribution in [0.5, 0.6) is 0 Å². The third-order valence-electron chi connectivity index (χ3n) is 7.71. The highest BCUT2D eigenvalue weighted by Gasteiger charge is 2.34. The van der Waals surface area contributed by atoms with Gasteiger partial charge in [0.05, 0.1) is 35.1 Å². The third kappa shape index (κ3) is 7.61. The molecule has 2 saturated heterocycles. The number of rotatable bonds is 9.